The number of carbonyl (C=O) groups is 2. The number of carbonyl (C=O) groups excluding carboxylic acids is 2. The Hall–Kier alpha value is -2.70. The molecule has 7 nitrogen and oxygen atoms in total. The van der Waals surface area contributed by atoms with Crippen molar-refractivity contribution in [2.75, 3.05) is 21.3 Å². The summed E-state index contributed by atoms with van der Waals surface area (Å²) in [6, 6.07) is 3.70. The maximum atomic E-state index is 11.6. The number of H-pyrrole nitrogens is 1. The first-order valence-electron chi connectivity index (χ1n) is 7.63. The summed E-state index contributed by atoms with van der Waals surface area (Å²) in [5.41, 5.74) is 1.69. The zero-order valence-electron chi connectivity index (χ0n) is 13.8. The lowest BCUT2D eigenvalue weighted by Crippen LogP contribution is -2.08. The highest BCUT2D eigenvalue weighted by Crippen LogP contribution is 2.43. The molecule has 1 aromatic heterocycles. The highest BCUT2D eigenvalue weighted by Gasteiger charge is 2.33. The number of aromatic amines is 1. The monoisotopic (exact) mass is 333 g/mol. The molecule has 1 N–H and O–H groups in total. The van der Waals surface area contributed by atoms with E-state index >= 15 is 0 Å². The molecule has 2 aromatic rings. The second-order valence-electron chi connectivity index (χ2n) is 5.59. The number of cyclic esters (lactones) is 2. The Morgan fingerprint density at radius 2 is 1.88 bits per heavy atom. The first kappa shape index (κ1) is 16.2. The molecule has 1 unspecified atom stereocenters. The summed E-state index contributed by atoms with van der Waals surface area (Å²) < 4.78 is 20.9. The van der Waals surface area contributed by atoms with Crippen LogP contribution in [0.5, 0.6) is 17.2 Å². The first-order valence-corrected chi connectivity index (χ1v) is 7.63. The number of nitrogens with one attached hydrogen (secondary N) is 1. The normalized spacial score (nSPS) is 17.2. The molecule has 7 heteroatoms. The maximum Gasteiger partial charge on any atom is 0.317 e. The van der Waals surface area contributed by atoms with Crippen LogP contribution in [0.4, 0.5) is 0 Å². The Morgan fingerprint density at radius 1 is 1.12 bits per heavy atom. The quantitative estimate of drug-likeness (QED) is 0.644. The highest BCUT2D eigenvalue weighted by molar-refractivity contribution is 5.96. The van der Waals surface area contributed by atoms with Crippen molar-refractivity contribution in [3.8, 4) is 17.2 Å². The SMILES string of the molecule is COc1ccc2[nH]c(CCC3CC(=O)OC3=O)c(OC)c2c1OC. The third-order valence-corrected chi connectivity index (χ3v) is 4.24. The van der Waals surface area contributed by atoms with Gasteiger partial charge in [-0.1, -0.05) is 0 Å². The second kappa shape index (κ2) is 6.43. The summed E-state index contributed by atoms with van der Waals surface area (Å²) in [7, 11) is 4.73. The summed E-state index contributed by atoms with van der Waals surface area (Å²) >= 11 is 0. The van der Waals surface area contributed by atoms with Crippen LogP contribution < -0.4 is 14.2 Å². The molecular weight excluding hydrogens is 314 g/mol. The van der Waals surface area contributed by atoms with Gasteiger partial charge in [0.05, 0.1) is 50.3 Å². The smallest absolute Gasteiger partial charge is 0.317 e. The number of fused-ring (bicyclic) bond motifs is 1. The topological polar surface area (TPSA) is 86.9 Å². The van der Waals surface area contributed by atoms with E-state index in [0.717, 1.165) is 16.6 Å². The van der Waals surface area contributed by atoms with E-state index in [0.29, 0.717) is 30.1 Å². The van der Waals surface area contributed by atoms with E-state index in [-0.39, 0.29) is 6.42 Å². The predicted molar refractivity (Wildman–Crippen MR) is 85.5 cm³/mol. The van der Waals surface area contributed by atoms with Crippen molar-refractivity contribution in [1.82, 2.24) is 4.98 Å². The number of esters is 2. The van der Waals surface area contributed by atoms with Crippen LogP contribution in [-0.4, -0.2) is 38.3 Å². The van der Waals surface area contributed by atoms with Crippen LogP contribution in [0.2, 0.25) is 0 Å². The number of rotatable bonds is 6. The molecular formula is C17H19NO6. The van der Waals surface area contributed by atoms with Crippen LogP contribution in [0, 0.1) is 5.92 Å². The van der Waals surface area contributed by atoms with Gasteiger partial charge in [0.2, 0.25) is 0 Å². The van der Waals surface area contributed by atoms with E-state index in [4.69, 9.17) is 14.2 Å². The summed E-state index contributed by atoms with van der Waals surface area (Å²) in [5, 5.41) is 0.791. The highest BCUT2D eigenvalue weighted by atomic mass is 16.6. The van der Waals surface area contributed by atoms with Crippen molar-refractivity contribution >= 4 is 22.8 Å². The molecule has 0 saturated carbocycles. The van der Waals surface area contributed by atoms with Gasteiger partial charge in [-0.25, -0.2) is 0 Å². The molecule has 1 aliphatic rings. The molecule has 24 heavy (non-hydrogen) atoms. The minimum absolute atomic E-state index is 0.137. The zero-order valence-corrected chi connectivity index (χ0v) is 13.8. The van der Waals surface area contributed by atoms with Gasteiger partial charge in [-0.05, 0) is 25.0 Å². The summed E-state index contributed by atoms with van der Waals surface area (Å²) in [5.74, 6) is 0.543. The lowest BCUT2D eigenvalue weighted by molar-refractivity contribution is -0.153. The number of aryl methyl sites for hydroxylation is 1. The molecule has 0 aliphatic carbocycles. The molecule has 0 spiro atoms. The molecule has 1 atom stereocenters. The Kier molecular flexibility index (Phi) is 4.33. The summed E-state index contributed by atoms with van der Waals surface area (Å²) in [4.78, 5) is 26.1. The zero-order chi connectivity index (χ0) is 17.3. The lowest BCUT2D eigenvalue weighted by Gasteiger charge is -2.10. The van der Waals surface area contributed by atoms with Crippen molar-refractivity contribution in [3.63, 3.8) is 0 Å². The average Bonchev–Trinajstić information content (AvgIpc) is 3.10. The van der Waals surface area contributed by atoms with Crippen molar-refractivity contribution in [1.29, 1.82) is 0 Å². The van der Waals surface area contributed by atoms with E-state index in [1.54, 1.807) is 21.3 Å². The Bertz CT molecular complexity index is 794. The number of aromatic nitrogens is 1. The number of methoxy groups -OCH3 is 3. The van der Waals surface area contributed by atoms with Gasteiger partial charge in [0.1, 0.15) is 0 Å². The van der Waals surface area contributed by atoms with E-state index in [1.165, 1.54) is 0 Å². The third kappa shape index (κ3) is 2.66. The van der Waals surface area contributed by atoms with Gasteiger partial charge < -0.3 is 23.9 Å². The minimum atomic E-state index is -0.458. The fourth-order valence-electron chi connectivity index (χ4n) is 3.09. The molecule has 1 saturated heterocycles. The van der Waals surface area contributed by atoms with Crippen molar-refractivity contribution in [3.05, 3.63) is 17.8 Å². The summed E-state index contributed by atoms with van der Waals surface area (Å²) in [6.07, 6.45) is 1.20. The predicted octanol–water partition coefficient (Wildman–Crippen LogP) is 2.22. The van der Waals surface area contributed by atoms with Crippen LogP contribution in [-0.2, 0) is 20.7 Å². The van der Waals surface area contributed by atoms with Crippen molar-refractivity contribution in [2.24, 2.45) is 5.92 Å². The fraction of sp³-hybridized carbons (Fsp3) is 0.412. The second-order valence-corrected chi connectivity index (χ2v) is 5.59. The van der Waals surface area contributed by atoms with Crippen LogP contribution in [0.1, 0.15) is 18.5 Å². The van der Waals surface area contributed by atoms with Gasteiger partial charge in [0, 0.05) is 0 Å². The first-order chi connectivity index (χ1) is 11.6. The summed E-state index contributed by atoms with van der Waals surface area (Å²) in [6.45, 7) is 0. The fourth-order valence-corrected chi connectivity index (χ4v) is 3.09. The van der Waals surface area contributed by atoms with Gasteiger partial charge in [-0.3, -0.25) is 9.59 Å². The molecule has 1 aliphatic heterocycles. The van der Waals surface area contributed by atoms with Gasteiger partial charge in [0.25, 0.3) is 0 Å². The van der Waals surface area contributed by atoms with E-state index in [2.05, 4.69) is 9.72 Å². The molecule has 1 aromatic carbocycles. The van der Waals surface area contributed by atoms with Gasteiger partial charge in [0.15, 0.2) is 17.2 Å². The molecule has 0 radical (unpaired) electrons. The molecule has 0 bridgehead atoms. The van der Waals surface area contributed by atoms with Crippen LogP contribution >= 0.6 is 0 Å². The van der Waals surface area contributed by atoms with E-state index in [1.807, 2.05) is 12.1 Å². The maximum absolute atomic E-state index is 11.6. The number of hydrogen-bond donors (Lipinski definition) is 1. The number of benzene rings is 1. The molecule has 3 rings (SSSR count). The van der Waals surface area contributed by atoms with Crippen molar-refractivity contribution in [2.45, 2.75) is 19.3 Å². The van der Waals surface area contributed by atoms with Crippen LogP contribution in [0.25, 0.3) is 10.9 Å². The van der Waals surface area contributed by atoms with Gasteiger partial charge in [-0.2, -0.15) is 0 Å². The van der Waals surface area contributed by atoms with Gasteiger partial charge in [-0.15, -0.1) is 0 Å². The molecule has 1 fully saturated rings. The van der Waals surface area contributed by atoms with Crippen LogP contribution in [0.3, 0.4) is 0 Å². The molecule has 128 valence electrons. The number of hydrogen-bond acceptors (Lipinski definition) is 6. The van der Waals surface area contributed by atoms with E-state index < -0.39 is 17.9 Å². The standard InChI is InChI=1S/C17H19NO6/c1-21-12-7-6-10-14(16(12)23-3)15(22-2)11(18-10)5-4-9-8-13(19)24-17(9)20/h6-7,9,18H,4-5,8H2,1-3H3. The van der Waals surface area contributed by atoms with Crippen LogP contribution in [0.15, 0.2) is 12.1 Å². The Morgan fingerprint density at radius 3 is 2.46 bits per heavy atom. The number of ether oxygens (including phenoxy) is 4. The molecule has 0 amide bonds. The minimum Gasteiger partial charge on any atom is -0.494 e. The van der Waals surface area contributed by atoms with Gasteiger partial charge >= 0.3 is 11.9 Å². The Labute approximate surface area is 138 Å². The Balaban J connectivity index is 1.94. The third-order valence-electron chi connectivity index (χ3n) is 4.24. The lowest BCUT2D eigenvalue weighted by atomic mass is 10.0. The van der Waals surface area contributed by atoms with E-state index in [9.17, 15) is 9.59 Å². The van der Waals surface area contributed by atoms with Crippen molar-refractivity contribution < 1.29 is 28.5 Å². The largest absolute Gasteiger partial charge is 0.494 e. The average molecular weight is 333 g/mol. The molecule has 2 heterocycles.